The van der Waals surface area contributed by atoms with E-state index in [1.165, 1.54) is 11.8 Å². The molecular weight excluding hydrogens is 228 g/mol. The Balaban J connectivity index is 3.46. The molecule has 0 fully saturated rings. The summed E-state index contributed by atoms with van der Waals surface area (Å²) in [6.45, 7) is 0. The van der Waals surface area contributed by atoms with Crippen molar-refractivity contribution in [1.82, 2.24) is 0 Å². The molecule has 64 valence electrons. The molecule has 0 spiro atoms. The quantitative estimate of drug-likeness (QED) is 0.293. The van der Waals surface area contributed by atoms with Crippen molar-refractivity contribution in [2.24, 2.45) is 16.5 Å². The third-order valence-corrected chi connectivity index (χ3v) is 2.17. The molecular formula is C5H11BrN4S. The summed E-state index contributed by atoms with van der Waals surface area (Å²) in [5.41, 5.74) is 10.1. The minimum absolute atomic E-state index is 0.0543. The molecule has 0 saturated carbocycles. The summed E-state index contributed by atoms with van der Waals surface area (Å²) < 4.78 is 0. The summed E-state index contributed by atoms with van der Waals surface area (Å²) in [6.07, 6.45) is 1.01. The van der Waals surface area contributed by atoms with Crippen LogP contribution in [0.2, 0.25) is 0 Å². The van der Waals surface area contributed by atoms with Crippen molar-refractivity contribution < 1.29 is 0 Å². The molecule has 0 rings (SSSR count). The number of guanidine groups is 1. The largest absolute Gasteiger partial charge is 0.370 e. The highest BCUT2D eigenvalue weighted by Crippen LogP contribution is 2.05. The van der Waals surface area contributed by atoms with Gasteiger partial charge in [0.1, 0.15) is 0 Å². The van der Waals surface area contributed by atoms with Gasteiger partial charge in [0.2, 0.25) is 0 Å². The molecule has 0 aliphatic carbocycles. The Hall–Kier alpha value is -0.230. The number of alkyl halides is 1. The standard InChI is InChI=1S/C5H11BrN4S/c6-2-1-3-11-5(9)10-4(7)8/h1-3H2,(H5,7,8,9,10). The fourth-order valence-electron chi connectivity index (χ4n) is 0.373. The maximum atomic E-state index is 7.20. The molecule has 0 bridgehead atoms. The highest BCUT2D eigenvalue weighted by Gasteiger charge is 1.94. The predicted octanol–water partition coefficient (Wildman–Crippen LogP) is 0.713. The van der Waals surface area contributed by atoms with Crippen molar-refractivity contribution in [3.05, 3.63) is 0 Å². The van der Waals surface area contributed by atoms with E-state index in [0.717, 1.165) is 17.5 Å². The number of hydrogen-bond acceptors (Lipinski definition) is 2. The van der Waals surface area contributed by atoms with E-state index in [4.69, 9.17) is 16.9 Å². The molecule has 6 heteroatoms. The molecule has 0 amide bonds. The number of aliphatic imine (C=N–C) groups is 1. The topological polar surface area (TPSA) is 88.2 Å². The molecule has 0 aromatic rings. The van der Waals surface area contributed by atoms with Crippen LogP contribution in [-0.4, -0.2) is 22.2 Å². The monoisotopic (exact) mass is 238 g/mol. The van der Waals surface area contributed by atoms with Crippen LogP contribution in [-0.2, 0) is 0 Å². The van der Waals surface area contributed by atoms with Gasteiger partial charge in [0.25, 0.3) is 0 Å². The lowest BCUT2D eigenvalue weighted by Crippen LogP contribution is -2.23. The van der Waals surface area contributed by atoms with Gasteiger partial charge in [0.05, 0.1) is 0 Å². The lowest BCUT2D eigenvalue weighted by molar-refractivity contribution is 1.14. The number of nitrogens with zero attached hydrogens (tertiary/aromatic N) is 1. The van der Waals surface area contributed by atoms with E-state index in [1.54, 1.807) is 0 Å². The van der Waals surface area contributed by atoms with Gasteiger partial charge >= 0.3 is 0 Å². The lowest BCUT2D eigenvalue weighted by Gasteiger charge is -1.95. The van der Waals surface area contributed by atoms with E-state index in [-0.39, 0.29) is 11.1 Å². The second-order valence-corrected chi connectivity index (χ2v) is 3.61. The molecule has 0 radical (unpaired) electrons. The first-order chi connectivity index (χ1) is 5.16. The van der Waals surface area contributed by atoms with Crippen LogP contribution in [0.15, 0.2) is 4.99 Å². The molecule has 5 N–H and O–H groups in total. The van der Waals surface area contributed by atoms with Crippen molar-refractivity contribution >= 4 is 38.8 Å². The Labute approximate surface area is 78.5 Å². The second kappa shape index (κ2) is 6.48. The number of nitrogens with two attached hydrogens (primary N) is 2. The van der Waals surface area contributed by atoms with E-state index in [1.807, 2.05) is 0 Å². The number of thioether (sulfide) groups is 1. The van der Waals surface area contributed by atoms with Crippen molar-refractivity contribution in [1.29, 1.82) is 5.41 Å². The van der Waals surface area contributed by atoms with E-state index in [2.05, 4.69) is 20.9 Å². The fourth-order valence-corrected chi connectivity index (χ4v) is 1.68. The van der Waals surface area contributed by atoms with Gasteiger partial charge in [-0.25, -0.2) is 0 Å². The number of rotatable bonds is 3. The third kappa shape index (κ3) is 7.67. The number of amidine groups is 1. The van der Waals surface area contributed by atoms with Crippen LogP contribution in [0.1, 0.15) is 6.42 Å². The number of halogens is 1. The molecule has 4 nitrogen and oxygen atoms in total. The average Bonchev–Trinajstić information content (AvgIpc) is 1.86. The molecule has 0 heterocycles. The van der Waals surface area contributed by atoms with Gasteiger partial charge in [-0.05, 0) is 6.42 Å². The zero-order valence-electron chi connectivity index (χ0n) is 6.01. The van der Waals surface area contributed by atoms with E-state index < -0.39 is 0 Å². The van der Waals surface area contributed by atoms with Crippen LogP contribution in [0.3, 0.4) is 0 Å². The van der Waals surface area contributed by atoms with Gasteiger partial charge in [-0.1, -0.05) is 27.7 Å². The normalized spacial score (nSPS) is 9.18. The van der Waals surface area contributed by atoms with E-state index in [0.29, 0.717) is 0 Å². The molecule has 0 aromatic carbocycles. The van der Waals surface area contributed by atoms with Gasteiger partial charge in [0, 0.05) is 11.1 Å². The smallest absolute Gasteiger partial charge is 0.193 e. The van der Waals surface area contributed by atoms with Gasteiger partial charge in [-0.2, -0.15) is 4.99 Å². The Morgan fingerprint density at radius 1 is 1.55 bits per heavy atom. The fraction of sp³-hybridized carbons (Fsp3) is 0.600. The van der Waals surface area contributed by atoms with Crippen molar-refractivity contribution in [2.75, 3.05) is 11.1 Å². The van der Waals surface area contributed by atoms with Crippen molar-refractivity contribution in [3.63, 3.8) is 0 Å². The molecule has 0 saturated heterocycles. The Morgan fingerprint density at radius 2 is 2.18 bits per heavy atom. The van der Waals surface area contributed by atoms with Crippen molar-refractivity contribution in [3.8, 4) is 0 Å². The highest BCUT2D eigenvalue weighted by molar-refractivity contribution is 9.09. The highest BCUT2D eigenvalue weighted by atomic mass is 79.9. The minimum atomic E-state index is -0.0543. The zero-order valence-corrected chi connectivity index (χ0v) is 8.41. The molecule has 11 heavy (non-hydrogen) atoms. The average molecular weight is 239 g/mol. The minimum Gasteiger partial charge on any atom is -0.370 e. The first kappa shape index (κ1) is 10.8. The first-order valence-electron chi connectivity index (χ1n) is 3.03. The Kier molecular flexibility index (Phi) is 6.34. The Morgan fingerprint density at radius 3 is 2.64 bits per heavy atom. The summed E-state index contributed by atoms with van der Waals surface area (Å²) in [7, 11) is 0. The lowest BCUT2D eigenvalue weighted by atomic mass is 10.6. The zero-order chi connectivity index (χ0) is 8.69. The second-order valence-electron chi connectivity index (χ2n) is 1.73. The van der Waals surface area contributed by atoms with Gasteiger partial charge < -0.3 is 11.5 Å². The van der Waals surface area contributed by atoms with Gasteiger partial charge in [0.15, 0.2) is 11.1 Å². The first-order valence-corrected chi connectivity index (χ1v) is 5.14. The van der Waals surface area contributed by atoms with E-state index in [9.17, 15) is 0 Å². The molecule has 0 aromatic heterocycles. The van der Waals surface area contributed by atoms with Crippen LogP contribution in [0.25, 0.3) is 0 Å². The van der Waals surface area contributed by atoms with Gasteiger partial charge in [-0.3, -0.25) is 5.41 Å². The number of hydrogen-bond donors (Lipinski definition) is 3. The number of nitrogens with one attached hydrogen (secondary N) is 1. The summed E-state index contributed by atoms with van der Waals surface area (Å²) >= 11 is 4.62. The predicted molar refractivity (Wildman–Crippen MR) is 54.4 cm³/mol. The van der Waals surface area contributed by atoms with E-state index >= 15 is 0 Å². The Bertz CT molecular complexity index is 155. The molecule has 0 aliphatic rings. The van der Waals surface area contributed by atoms with Gasteiger partial charge in [-0.15, -0.1) is 0 Å². The molecule has 0 unspecified atom stereocenters. The van der Waals surface area contributed by atoms with Crippen LogP contribution >= 0.6 is 27.7 Å². The third-order valence-electron chi connectivity index (χ3n) is 0.747. The summed E-state index contributed by atoms with van der Waals surface area (Å²) in [5.74, 6) is 0.808. The summed E-state index contributed by atoms with van der Waals surface area (Å²) in [5, 5.41) is 8.31. The van der Waals surface area contributed by atoms with Crippen LogP contribution in [0, 0.1) is 5.41 Å². The van der Waals surface area contributed by atoms with Crippen LogP contribution in [0.5, 0.6) is 0 Å². The SMILES string of the molecule is N=C(N=C(N)N)SCCCBr. The van der Waals surface area contributed by atoms with Crippen LogP contribution < -0.4 is 11.5 Å². The molecule has 0 atom stereocenters. The summed E-state index contributed by atoms with van der Waals surface area (Å²) in [4.78, 5) is 3.55. The van der Waals surface area contributed by atoms with Crippen molar-refractivity contribution in [2.45, 2.75) is 6.42 Å². The summed E-state index contributed by atoms with van der Waals surface area (Å²) in [6, 6.07) is 0. The molecule has 0 aliphatic heterocycles. The van der Waals surface area contributed by atoms with Crippen LogP contribution in [0.4, 0.5) is 0 Å². The maximum absolute atomic E-state index is 7.20. The maximum Gasteiger partial charge on any atom is 0.193 e.